The number of nitrogens with one attached hydrogen (secondary N) is 1. The first-order valence-corrected chi connectivity index (χ1v) is 10.0. The number of amides is 2. The largest absolute Gasteiger partial charge is 0.465 e. The number of esters is 1. The summed E-state index contributed by atoms with van der Waals surface area (Å²) in [6.45, 7) is 1.91. The molecule has 1 fully saturated rings. The molecule has 158 valence electrons. The molecule has 2 amide bonds. The van der Waals surface area contributed by atoms with Crippen molar-refractivity contribution in [1.29, 1.82) is 0 Å². The van der Waals surface area contributed by atoms with Crippen LogP contribution < -0.4 is 5.32 Å². The average Bonchev–Trinajstić information content (AvgIpc) is 2.78. The molecule has 0 saturated carbocycles. The summed E-state index contributed by atoms with van der Waals surface area (Å²) in [4.78, 5) is 37.9. The summed E-state index contributed by atoms with van der Waals surface area (Å²) in [7, 11) is 0. The van der Waals surface area contributed by atoms with Gasteiger partial charge < -0.3 is 15.2 Å². The molecule has 0 aromatic heterocycles. The van der Waals surface area contributed by atoms with Crippen molar-refractivity contribution in [3.05, 3.63) is 71.8 Å². The molecule has 0 bridgehead atoms. The van der Waals surface area contributed by atoms with E-state index in [1.165, 1.54) is 6.92 Å². The number of hydrogen-bond acceptors (Lipinski definition) is 4. The molecular formula is C23H26N2O5. The maximum Gasteiger partial charge on any atom is 0.407 e. The lowest BCUT2D eigenvalue weighted by atomic mass is 9.85. The molecule has 0 unspecified atom stereocenters. The molecule has 7 heteroatoms. The van der Waals surface area contributed by atoms with Crippen LogP contribution in [-0.4, -0.2) is 46.6 Å². The number of nitrogens with zero attached hydrogens (tertiary/aromatic N) is 1. The highest BCUT2D eigenvalue weighted by molar-refractivity contribution is 5.89. The minimum absolute atomic E-state index is 0.0814. The van der Waals surface area contributed by atoms with E-state index in [0.29, 0.717) is 12.8 Å². The fourth-order valence-corrected chi connectivity index (χ4v) is 3.69. The second kappa shape index (κ2) is 9.91. The van der Waals surface area contributed by atoms with Crippen LogP contribution in [0.2, 0.25) is 0 Å². The van der Waals surface area contributed by atoms with Gasteiger partial charge in [0.25, 0.3) is 0 Å². The normalized spacial score (nSPS) is 19.6. The zero-order chi connectivity index (χ0) is 21.5. The van der Waals surface area contributed by atoms with E-state index in [-0.39, 0.29) is 19.1 Å². The van der Waals surface area contributed by atoms with Crippen molar-refractivity contribution in [2.45, 2.75) is 44.4 Å². The Labute approximate surface area is 175 Å². The van der Waals surface area contributed by atoms with Crippen molar-refractivity contribution in [1.82, 2.24) is 10.2 Å². The SMILES string of the molecule is C[C@H](NC(=O)[C@H]1C[C@@H](c2ccccc2)CCN1C(=O)O)C(=O)OCc1ccccc1. The van der Waals surface area contributed by atoms with Crippen LogP contribution in [0.4, 0.5) is 4.79 Å². The Bertz CT molecular complexity index is 872. The lowest BCUT2D eigenvalue weighted by Gasteiger charge is -2.37. The Morgan fingerprint density at radius 3 is 2.37 bits per heavy atom. The fourth-order valence-electron chi connectivity index (χ4n) is 3.69. The summed E-state index contributed by atoms with van der Waals surface area (Å²) in [5.41, 5.74) is 1.93. The molecule has 1 aliphatic heterocycles. The van der Waals surface area contributed by atoms with E-state index in [0.717, 1.165) is 16.0 Å². The van der Waals surface area contributed by atoms with Crippen molar-refractivity contribution in [3.63, 3.8) is 0 Å². The number of benzene rings is 2. The molecule has 2 aromatic carbocycles. The molecule has 30 heavy (non-hydrogen) atoms. The van der Waals surface area contributed by atoms with E-state index in [2.05, 4.69) is 5.32 Å². The predicted octanol–water partition coefficient (Wildman–Crippen LogP) is 3.16. The van der Waals surface area contributed by atoms with Gasteiger partial charge in [-0.3, -0.25) is 9.69 Å². The Kier molecular flexibility index (Phi) is 7.06. The molecule has 1 saturated heterocycles. The van der Waals surface area contributed by atoms with Gasteiger partial charge in [0.1, 0.15) is 18.7 Å². The smallest absolute Gasteiger partial charge is 0.407 e. The van der Waals surface area contributed by atoms with Crippen LogP contribution in [0.15, 0.2) is 60.7 Å². The molecule has 0 aliphatic carbocycles. The molecule has 1 aliphatic rings. The Hall–Kier alpha value is -3.35. The molecule has 0 radical (unpaired) electrons. The van der Waals surface area contributed by atoms with Crippen molar-refractivity contribution < 1.29 is 24.2 Å². The van der Waals surface area contributed by atoms with Crippen molar-refractivity contribution in [2.75, 3.05) is 6.54 Å². The van der Waals surface area contributed by atoms with Crippen LogP contribution in [0.1, 0.15) is 36.8 Å². The van der Waals surface area contributed by atoms with Crippen LogP contribution in [-0.2, 0) is 20.9 Å². The maximum absolute atomic E-state index is 12.9. The highest BCUT2D eigenvalue weighted by atomic mass is 16.5. The van der Waals surface area contributed by atoms with Crippen LogP contribution in [0.3, 0.4) is 0 Å². The van der Waals surface area contributed by atoms with Gasteiger partial charge in [0.05, 0.1) is 0 Å². The molecule has 7 nitrogen and oxygen atoms in total. The van der Waals surface area contributed by atoms with E-state index in [1.54, 1.807) is 0 Å². The first kappa shape index (κ1) is 21.4. The predicted molar refractivity (Wildman–Crippen MR) is 111 cm³/mol. The van der Waals surface area contributed by atoms with Crippen LogP contribution >= 0.6 is 0 Å². The molecule has 2 aromatic rings. The summed E-state index contributed by atoms with van der Waals surface area (Å²) in [6.07, 6.45) is -0.121. The quantitative estimate of drug-likeness (QED) is 0.713. The highest BCUT2D eigenvalue weighted by Gasteiger charge is 2.37. The van der Waals surface area contributed by atoms with E-state index in [1.807, 2.05) is 60.7 Å². The summed E-state index contributed by atoms with van der Waals surface area (Å²) in [5.74, 6) is -0.968. The first-order chi connectivity index (χ1) is 14.5. The number of carbonyl (C=O) groups is 3. The summed E-state index contributed by atoms with van der Waals surface area (Å²) < 4.78 is 5.26. The van der Waals surface area contributed by atoms with Gasteiger partial charge in [0.15, 0.2) is 0 Å². The second-order valence-electron chi connectivity index (χ2n) is 7.45. The number of piperidine rings is 1. The van der Waals surface area contributed by atoms with Gasteiger partial charge in [-0.15, -0.1) is 0 Å². The van der Waals surface area contributed by atoms with Gasteiger partial charge in [-0.05, 0) is 36.8 Å². The summed E-state index contributed by atoms with van der Waals surface area (Å²) >= 11 is 0. The zero-order valence-electron chi connectivity index (χ0n) is 16.9. The lowest BCUT2D eigenvalue weighted by molar-refractivity contribution is -0.149. The van der Waals surface area contributed by atoms with E-state index in [9.17, 15) is 19.5 Å². The van der Waals surface area contributed by atoms with Gasteiger partial charge in [0, 0.05) is 6.54 Å². The number of likely N-dealkylation sites (tertiary alicyclic amines) is 1. The lowest BCUT2D eigenvalue weighted by Crippen LogP contribution is -2.55. The Morgan fingerprint density at radius 2 is 1.73 bits per heavy atom. The third kappa shape index (κ3) is 5.37. The van der Waals surface area contributed by atoms with Gasteiger partial charge in [0.2, 0.25) is 5.91 Å². The average molecular weight is 410 g/mol. The fraction of sp³-hybridized carbons (Fsp3) is 0.348. The summed E-state index contributed by atoms with van der Waals surface area (Å²) in [6, 6.07) is 17.3. The van der Waals surface area contributed by atoms with Crippen molar-refractivity contribution in [3.8, 4) is 0 Å². The monoisotopic (exact) mass is 410 g/mol. The van der Waals surface area contributed by atoms with Gasteiger partial charge in [-0.1, -0.05) is 60.7 Å². The number of ether oxygens (including phenoxy) is 1. The van der Waals surface area contributed by atoms with E-state index >= 15 is 0 Å². The van der Waals surface area contributed by atoms with Gasteiger partial charge >= 0.3 is 12.1 Å². The van der Waals surface area contributed by atoms with E-state index < -0.39 is 30.1 Å². The molecule has 1 heterocycles. The highest BCUT2D eigenvalue weighted by Crippen LogP contribution is 2.31. The van der Waals surface area contributed by atoms with E-state index in [4.69, 9.17) is 4.74 Å². The number of rotatable bonds is 6. The van der Waals surface area contributed by atoms with Crippen LogP contribution in [0.25, 0.3) is 0 Å². The standard InChI is InChI=1S/C23H26N2O5/c1-16(22(27)30-15-17-8-4-2-5-9-17)24-21(26)20-14-19(12-13-25(20)23(28)29)18-10-6-3-7-11-18/h2-11,16,19-20H,12-15H2,1H3,(H,24,26)(H,28,29)/t16-,19-,20+/m0/s1. The number of carboxylic acid groups (broad SMARTS) is 1. The minimum atomic E-state index is -1.14. The third-order valence-electron chi connectivity index (χ3n) is 5.36. The summed E-state index contributed by atoms with van der Waals surface area (Å²) in [5, 5.41) is 12.1. The maximum atomic E-state index is 12.9. The number of carbonyl (C=O) groups excluding carboxylic acids is 2. The minimum Gasteiger partial charge on any atom is -0.465 e. The van der Waals surface area contributed by atoms with Crippen molar-refractivity contribution in [2.24, 2.45) is 0 Å². The topological polar surface area (TPSA) is 95.9 Å². The second-order valence-corrected chi connectivity index (χ2v) is 7.45. The Morgan fingerprint density at radius 1 is 1.10 bits per heavy atom. The van der Waals surface area contributed by atoms with Crippen LogP contribution in [0, 0.1) is 0 Å². The number of hydrogen-bond donors (Lipinski definition) is 2. The third-order valence-corrected chi connectivity index (χ3v) is 5.36. The van der Waals surface area contributed by atoms with Crippen LogP contribution in [0.5, 0.6) is 0 Å². The molecule has 2 N–H and O–H groups in total. The molecule has 3 rings (SSSR count). The Balaban J connectivity index is 1.61. The first-order valence-electron chi connectivity index (χ1n) is 10.0. The molecular weight excluding hydrogens is 384 g/mol. The van der Waals surface area contributed by atoms with Gasteiger partial charge in [-0.25, -0.2) is 9.59 Å². The molecule has 0 spiro atoms. The molecule has 3 atom stereocenters. The van der Waals surface area contributed by atoms with Crippen molar-refractivity contribution >= 4 is 18.0 Å². The van der Waals surface area contributed by atoms with Gasteiger partial charge in [-0.2, -0.15) is 0 Å². The zero-order valence-corrected chi connectivity index (χ0v) is 16.9.